The van der Waals surface area contributed by atoms with E-state index < -0.39 is 0 Å². The zero-order chi connectivity index (χ0) is 16.3. The number of aryl methyl sites for hydroxylation is 1. The number of fused-ring (bicyclic) bond motifs is 1. The van der Waals surface area contributed by atoms with Gasteiger partial charge in [-0.15, -0.1) is 0 Å². The van der Waals surface area contributed by atoms with Gasteiger partial charge in [-0.25, -0.2) is 4.98 Å². The van der Waals surface area contributed by atoms with Crippen LogP contribution in [0.25, 0.3) is 11.0 Å². The van der Waals surface area contributed by atoms with Gasteiger partial charge in [0.1, 0.15) is 11.6 Å². The van der Waals surface area contributed by atoms with E-state index in [9.17, 15) is 4.79 Å². The van der Waals surface area contributed by atoms with Gasteiger partial charge in [0, 0.05) is 25.1 Å². The number of carbonyl (C=O) groups is 1. The van der Waals surface area contributed by atoms with Gasteiger partial charge in [-0.3, -0.25) is 4.79 Å². The van der Waals surface area contributed by atoms with Crippen LogP contribution in [0.5, 0.6) is 0 Å². The predicted molar refractivity (Wildman–Crippen MR) is 87.9 cm³/mol. The Kier molecular flexibility index (Phi) is 2.83. The Hall–Kier alpha value is -2.63. The molecule has 6 nitrogen and oxygen atoms in total. The van der Waals surface area contributed by atoms with Crippen molar-refractivity contribution in [3.05, 3.63) is 47.6 Å². The molecular weight excluding hydrogens is 304 g/mol. The van der Waals surface area contributed by atoms with E-state index in [0.29, 0.717) is 36.5 Å². The molecule has 2 fully saturated rings. The third-order valence-electron chi connectivity index (χ3n) is 4.93. The molecule has 0 unspecified atom stereocenters. The SMILES string of the molecule is Cc1cc(C(=O)N2CC(n3c(C4CC4)nc4ccccc43)C2)no1. The number of amides is 1. The molecule has 122 valence electrons. The van der Waals surface area contributed by atoms with Crippen molar-refractivity contribution in [2.45, 2.75) is 31.7 Å². The second kappa shape index (κ2) is 4.93. The highest BCUT2D eigenvalue weighted by Gasteiger charge is 2.38. The van der Waals surface area contributed by atoms with Crippen LogP contribution >= 0.6 is 0 Å². The lowest BCUT2D eigenvalue weighted by Gasteiger charge is -2.40. The van der Waals surface area contributed by atoms with Crippen LogP contribution in [0.15, 0.2) is 34.9 Å². The van der Waals surface area contributed by atoms with Crippen LogP contribution in [-0.4, -0.2) is 38.6 Å². The summed E-state index contributed by atoms with van der Waals surface area (Å²) in [6.07, 6.45) is 2.44. The van der Waals surface area contributed by atoms with Crippen molar-refractivity contribution in [3.8, 4) is 0 Å². The fraction of sp³-hybridized carbons (Fsp3) is 0.389. The molecule has 1 saturated carbocycles. The summed E-state index contributed by atoms with van der Waals surface area (Å²) < 4.78 is 7.36. The molecule has 0 atom stereocenters. The van der Waals surface area contributed by atoms with Crippen LogP contribution in [-0.2, 0) is 0 Å². The number of hydrogen-bond donors (Lipinski definition) is 0. The molecule has 24 heavy (non-hydrogen) atoms. The maximum atomic E-state index is 12.4. The minimum Gasteiger partial charge on any atom is -0.361 e. The molecule has 6 heteroatoms. The number of carbonyl (C=O) groups excluding carboxylic acids is 1. The predicted octanol–water partition coefficient (Wildman–Crippen LogP) is 2.91. The molecular formula is C18H18N4O2. The molecule has 0 N–H and O–H groups in total. The summed E-state index contributed by atoms with van der Waals surface area (Å²) in [4.78, 5) is 19.1. The number of nitrogens with zero attached hydrogens (tertiary/aromatic N) is 4. The van der Waals surface area contributed by atoms with E-state index in [4.69, 9.17) is 9.51 Å². The lowest BCUT2D eigenvalue weighted by Crippen LogP contribution is -2.51. The topological polar surface area (TPSA) is 64.2 Å². The van der Waals surface area contributed by atoms with E-state index in [2.05, 4.69) is 27.9 Å². The molecule has 1 aliphatic carbocycles. The summed E-state index contributed by atoms with van der Waals surface area (Å²) in [5.41, 5.74) is 2.62. The molecule has 3 aromatic rings. The van der Waals surface area contributed by atoms with E-state index in [-0.39, 0.29) is 5.91 Å². The Labute approximate surface area is 139 Å². The smallest absolute Gasteiger partial charge is 0.276 e. The summed E-state index contributed by atoms with van der Waals surface area (Å²) in [6.45, 7) is 3.19. The first-order chi connectivity index (χ1) is 11.7. The van der Waals surface area contributed by atoms with Crippen molar-refractivity contribution in [1.82, 2.24) is 19.6 Å². The van der Waals surface area contributed by atoms with Gasteiger partial charge < -0.3 is 14.0 Å². The molecule has 2 aliphatic rings. The minimum absolute atomic E-state index is 0.0551. The van der Waals surface area contributed by atoms with E-state index in [1.165, 1.54) is 24.2 Å². The molecule has 1 aliphatic heterocycles. The van der Waals surface area contributed by atoms with Crippen molar-refractivity contribution in [2.75, 3.05) is 13.1 Å². The van der Waals surface area contributed by atoms with Crippen LogP contribution in [0.1, 0.15) is 46.9 Å². The Morgan fingerprint density at radius 3 is 2.75 bits per heavy atom. The van der Waals surface area contributed by atoms with E-state index in [1.54, 1.807) is 13.0 Å². The molecule has 1 aromatic carbocycles. The largest absolute Gasteiger partial charge is 0.361 e. The van der Waals surface area contributed by atoms with Crippen molar-refractivity contribution < 1.29 is 9.32 Å². The Morgan fingerprint density at radius 2 is 2.04 bits per heavy atom. The number of rotatable bonds is 3. The monoisotopic (exact) mass is 322 g/mol. The van der Waals surface area contributed by atoms with E-state index >= 15 is 0 Å². The van der Waals surface area contributed by atoms with Gasteiger partial charge in [-0.2, -0.15) is 0 Å². The maximum absolute atomic E-state index is 12.4. The summed E-state index contributed by atoms with van der Waals surface area (Å²) >= 11 is 0. The number of para-hydroxylation sites is 2. The van der Waals surface area contributed by atoms with Gasteiger partial charge in [0.15, 0.2) is 5.69 Å². The Balaban J connectivity index is 1.42. The molecule has 0 spiro atoms. The first-order valence-corrected chi connectivity index (χ1v) is 8.40. The molecule has 3 heterocycles. The summed E-state index contributed by atoms with van der Waals surface area (Å²) in [7, 11) is 0. The quantitative estimate of drug-likeness (QED) is 0.744. The number of benzene rings is 1. The van der Waals surface area contributed by atoms with Gasteiger partial charge >= 0.3 is 0 Å². The maximum Gasteiger partial charge on any atom is 0.276 e. The van der Waals surface area contributed by atoms with E-state index in [1.807, 2.05) is 11.0 Å². The summed E-state index contributed by atoms with van der Waals surface area (Å²) in [6, 6.07) is 10.3. The van der Waals surface area contributed by atoms with Crippen LogP contribution in [0.3, 0.4) is 0 Å². The van der Waals surface area contributed by atoms with E-state index in [0.717, 1.165) is 5.52 Å². The highest BCUT2D eigenvalue weighted by atomic mass is 16.5. The normalized spacial score (nSPS) is 18.1. The van der Waals surface area contributed by atoms with Crippen molar-refractivity contribution in [3.63, 3.8) is 0 Å². The summed E-state index contributed by atoms with van der Waals surface area (Å²) in [5, 5.41) is 3.83. The molecule has 2 aromatic heterocycles. The fourth-order valence-electron chi connectivity index (χ4n) is 3.49. The first kappa shape index (κ1) is 13.8. The van der Waals surface area contributed by atoms with Crippen LogP contribution in [0.2, 0.25) is 0 Å². The van der Waals surface area contributed by atoms with Gasteiger partial charge in [-0.05, 0) is 31.9 Å². The summed E-state index contributed by atoms with van der Waals surface area (Å²) in [5.74, 6) is 2.37. The number of imidazole rings is 1. The average molecular weight is 322 g/mol. The number of hydrogen-bond acceptors (Lipinski definition) is 4. The fourth-order valence-corrected chi connectivity index (χ4v) is 3.49. The van der Waals surface area contributed by atoms with Crippen LogP contribution < -0.4 is 0 Å². The third kappa shape index (κ3) is 2.06. The Morgan fingerprint density at radius 1 is 1.25 bits per heavy atom. The zero-order valence-corrected chi connectivity index (χ0v) is 13.5. The van der Waals surface area contributed by atoms with Crippen molar-refractivity contribution in [2.24, 2.45) is 0 Å². The number of likely N-dealkylation sites (tertiary alicyclic amines) is 1. The third-order valence-corrected chi connectivity index (χ3v) is 4.93. The molecule has 1 amide bonds. The molecule has 0 bridgehead atoms. The average Bonchev–Trinajstić information content (AvgIpc) is 3.19. The second-order valence-corrected chi connectivity index (χ2v) is 6.79. The second-order valence-electron chi connectivity index (χ2n) is 6.79. The van der Waals surface area contributed by atoms with Crippen LogP contribution in [0.4, 0.5) is 0 Å². The number of aromatic nitrogens is 3. The lowest BCUT2D eigenvalue weighted by atomic mass is 10.1. The minimum atomic E-state index is -0.0551. The highest BCUT2D eigenvalue weighted by Crippen LogP contribution is 2.43. The van der Waals surface area contributed by atoms with Crippen molar-refractivity contribution >= 4 is 16.9 Å². The lowest BCUT2D eigenvalue weighted by molar-refractivity contribution is 0.0511. The van der Waals surface area contributed by atoms with Gasteiger partial charge in [0.25, 0.3) is 5.91 Å². The van der Waals surface area contributed by atoms with Gasteiger partial charge in [-0.1, -0.05) is 17.3 Å². The Bertz CT molecular complexity index is 932. The van der Waals surface area contributed by atoms with Crippen LogP contribution in [0, 0.1) is 6.92 Å². The first-order valence-electron chi connectivity index (χ1n) is 8.40. The van der Waals surface area contributed by atoms with Gasteiger partial charge in [0.2, 0.25) is 0 Å². The molecule has 0 radical (unpaired) electrons. The van der Waals surface area contributed by atoms with Gasteiger partial charge in [0.05, 0.1) is 17.1 Å². The molecule has 1 saturated heterocycles. The zero-order valence-electron chi connectivity index (χ0n) is 13.5. The molecule has 5 rings (SSSR count). The standard InChI is InChI=1S/C18H18N4O2/c1-11-8-15(20-24-11)18(23)21-9-13(10-21)22-16-5-3-2-4-14(16)19-17(22)12-6-7-12/h2-5,8,12-13H,6-7,9-10H2,1H3. The van der Waals surface area contributed by atoms with Crippen molar-refractivity contribution in [1.29, 1.82) is 0 Å². The highest BCUT2D eigenvalue weighted by molar-refractivity contribution is 5.93.